The lowest BCUT2D eigenvalue weighted by molar-refractivity contribution is 0.571. The highest BCUT2D eigenvalue weighted by molar-refractivity contribution is 5.74. The third kappa shape index (κ3) is 4.09. The maximum atomic E-state index is 13.4. The first kappa shape index (κ1) is 20.2. The maximum absolute atomic E-state index is 13.4. The number of piperazine rings is 1. The van der Waals surface area contributed by atoms with Crippen LogP contribution in [0.2, 0.25) is 0 Å². The van der Waals surface area contributed by atoms with Crippen molar-refractivity contribution in [2.45, 2.75) is 33.4 Å². The minimum absolute atomic E-state index is 0.291. The van der Waals surface area contributed by atoms with Gasteiger partial charge in [0.15, 0.2) is 11.2 Å². The predicted molar refractivity (Wildman–Crippen MR) is 119 cm³/mol. The normalized spacial score (nSPS) is 14.3. The van der Waals surface area contributed by atoms with Crippen molar-refractivity contribution in [3.63, 3.8) is 0 Å². The molecule has 8 nitrogen and oxygen atoms in total. The van der Waals surface area contributed by atoms with E-state index in [9.17, 15) is 9.59 Å². The van der Waals surface area contributed by atoms with Crippen LogP contribution in [0.4, 0.5) is 5.95 Å². The Balaban J connectivity index is 1.79. The van der Waals surface area contributed by atoms with Crippen molar-refractivity contribution in [3.8, 4) is 0 Å². The van der Waals surface area contributed by atoms with E-state index in [1.807, 2.05) is 48.7 Å². The number of allylic oxidation sites excluding steroid dienone is 2. The molecule has 3 heterocycles. The van der Waals surface area contributed by atoms with Crippen molar-refractivity contribution < 1.29 is 0 Å². The molecular weight excluding hydrogens is 380 g/mol. The molecule has 0 aliphatic carbocycles. The average Bonchev–Trinajstić information content (AvgIpc) is 3.12. The van der Waals surface area contributed by atoms with Gasteiger partial charge in [0.25, 0.3) is 5.56 Å². The van der Waals surface area contributed by atoms with E-state index in [1.54, 1.807) is 0 Å². The second-order valence-electron chi connectivity index (χ2n) is 7.86. The van der Waals surface area contributed by atoms with Crippen molar-refractivity contribution in [1.29, 1.82) is 0 Å². The van der Waals surface area contributed by atoms with Crippen LogP contribution in [0.3, 0.4) is 0 Å². The zero-order valence-corrected chi connectivity index (χ0v) is 17.5. The number of rotatable bonds is 6. The van der Waals surface area contributed by atoms with Gasteiger partial charge in [-0.25, -0.2) is 4.79 Å². The number of hydrogen-bond acceptors (Lipinski definition) is 5. The molecule has 8 heteroatoms. The number of aromatic amines is 1. The number of fused-ring (bicyclic) bond motifs is 1. The molecule has 158 valence electrons. The highest BCUT2D eigenvalue weighted by Crippen LogP contribution is 2.19. The molecule has 1 aliphatic rings. The summed E-state index contributed by atoms with van der Waals surface area (Å²) in [6.45, 7) is 8.28. The SMILES string of the molecule is CC(C)=CCn1c(N2CCNCC2)nc2[nH]c(=O)n(CCc3ccccc3)c(=O)c21. The van der Waals surface area contributed by atoms with E-state index in [0.29, 0.717) is 30.7 Å². The third-order valence-corrected chi connectivity index (χ3v) is 5.41. The monoisotopic (exact) mass is 408 g/mol. The van der Waals surface area contributed by atoms with Gasteiger partial charge in [-0.2, -0.15) is 4.98 Å². The van der Waals surface area contributed by atoms with Crippen LogP contribution in [-0.2, 0) is 19.5 Å². The van der Waals surface area contributed by atoms with Gasteiger partial charge in [-0.05, 0) is 25.8 Å². The number of benzene rings is 1. The number of imidazole rings is 1. The minimum atomic E-state index is -0.415. The molecule has 3 aromatic rings. The first-order chi connectivity index (χ1) is 14.5. The molecule has 1 aliphatic heterocycles. The van der Waals surface area contributed by atoms with Crippen molar-refractivity contribution in [3.05, 3.63) is 68.4 Å². The van der Waals surface area contributed by atoms with Gasteiger partial charge in [-0.15, -0.1) is 0 Å². The van der Waals surface area contributed by atoms with Crippen LogP contribution in [0.1, 0.15) is 19.4 Å². The average molecular weight is 409 g/mol. The Morgan fingerprint density at radius 2 is 1.83 bits per heavy atom. The highest BCUT2D eigenvalue weighted by Gasteiger charge is 2.22. The van der Waals surface area contributed by atoms with E-state index in [1.165, 1.54) is 4.57 Å². The third-order valence-electron chi connectivity index (χ3n) is 5.41. The van der Waals surface area contributed by atoms with Gasteiger partial charge in [0.1, 0.15) is 0 Å². The Hall–Kier alpha value is -3.13. The first-order valence-corrected chi connectivity index (χ1v) is 10.4. The van der Waals surface area contributed by atoms with Crippen molar-refractivity contribution in [2.24, 2.45) is 0 Å². The molecule has 30 heavy (non-hydrogen) atoms. The van der Waals surface area contributed by atoms with E-state index >= 15 is 0 Å². The van der Waals surface area contributed by atoms with Crippen LogP contribution >= 0.6 is 0 Å². The Kier molecular flexibility index (Phi) is 5.85. The molecule has 0 bridgehead atoms. The Bertz CT molecular complexity index is 1160. The van der Waals surface area contributed by atoms with E-state index in [0.717, 1.165) is 43.3 Å². The number of nitrogens with one attached hydrogen (secondary N) is 2. The van der Waals surface area contributed by atoms with Crippen molar-refractivity contribution in [1.82, 2.24) is 24.4 Å². The van der Waals surface area contributed by atoms with Gasteiger partial charge >= 0.3 is 5.69 Å². The second kappa shape index (κ2) is 8.71. The van der Waals surface area contributed by atoms with Crippen LogP contribution < -0.4 is 21.5 Å². The zero-order valence-electron chi connectivity index (χ0n) is 17.5. The zero-order chi connectivity index (χ0) is 21.1. The molecule has 1 saturated heterocycles. The summed E-state index contributed by atoms with van der Waals surface area (Å²) >= 11 is 0. The minimum Gasteiger partial charge on any atom is -0.340 e. The molecule has 1 fully saturated rings. The summed E-state index contributed by atoms with van der Waals surface area (Å²) in [6, 6.07) is 9.87. The number of aromatic nitrogens is 4. The van der Waals surface area contributed by atoms with Crippen LogP contribution in [-0.4, -0.2) is 45.3 Å². The second-order valence-corrected chi connectivity index (χ2v) is 7.86. The largest absolute Gasteiger partial charge is 0.340 e. The number of aryl methyl sites for hydroxylation is 1. The Labute approximate surface area is 174 Å². The van der Waals surface area contributed by atoms with Crippen LogP contribution in [0.5, 0.6) is 0 Å². The number of anilines is 1. The van der Waals surface area contributed by atoms with Crippen LogP contribution in [0, 0.1) is 0 Å². The van der Waals surface area contributed by atoms with Crippen LogP contribution in [0.15, 0.2) is 51.6 Å². The number of nitrogens with zero attached hydrogens (tertiary/aromatic N) is 4. The molecule has 0 atom stereocenters. The smallest absolute Gasteiger partial charge is 0.330 e. The van der Waals surface area contributed by atoms with Crippen LogP contribution in [0.25, 0.3) is 11.2 Å². The number of H-pyrrole nitrogens is 1. The molecule has 4 rings (SSSR count). The van der Waals surface area contributed by atoms with Gasteiger partial charge in [0.05, 0.1) is 0 Å². The summed E-state index contributed by atoms with van der Waals surface area (Å²) in [6.07, 6.45) is 2.69. The summed E-state index contributed by atoms with van der Waals surface area (Å²) in [5.74, 6) is 0.734. The highest BCUT2D eigenvalue weighted by atomic mass is 16.2. The van der Waals surface area contributed by atoms with Gasteiger partial charge < -0.3 is 14.8 Å². The number of hydrogen-bond donors (Lipinski definition) is 2. The fourth-order valence-corrected chi connectivity index (χ4v) is 3.78. The topological polar surface area (TPSA) is 87.9 Å². The van der Waals surface area contributed by atoms with E-state index in [-0.39, 0.29) is 5.56 Å². The van der Waals surface area contributed by atoms with E-state index in [4.69, 9.17) is 0 Å². The first-order valence-electron chi connectivity index (χ1n) is 10.4. The summed E-state index contributed by atoms with van der Waals surface area (Å²) < 4.78 is 3.22. The van der Waals surface area contributed by atoms with E-state index in [2.05, 4.69) is 26.3 Å². The van der Waals surface area contributed by atoms with Gasteiger partial charge in [0, 0.05) is 39.3 Å². The van der Waals surface area contributed by atoms with Crippen molar-refractivity contribution >= 4 is 17.1 Å². The fourth-order valence-electron chi connectivity index (χ4n) is 3.78. The molecule has 0 saturated carbocycles. The molecule has 1 aromatic carbocycles. The van der Waals surface area contributed by atoms with Gasteiger partial charge in [0.2, 0.25) is 5.95 Å². The Morgan fingerprint density at radius 1 is 1.10 bits per heavy atom. The lowest BCUT2D eigenvalue weighted by Gasteiger charge is -2.28. The van der Waals surface area contributed by atoms with Gasteiger partial charge in [-0.3, -0.25) is 14.3 Å². The molecule has 0 radical (unpaired) electrons. The molecule has 0 unspecified atom stereocenters. The summed E-state index contributed by atoms with van der Waals surface area (Å²) in [5, 5.41) is 3.34. The molecular formula is C22H28N6O2. The van der Waals surface area contributed by atoms with Gasteiger partial charge in [-0.1, -0.05) is 42.0 Å². The predicted octanol–water partition coefficient (Wildman–Crippen LogP) is 1.50. The molecule has 0 spiro atoms. The summed E-state index contributed by atoms with van der Waals surface area (Å²) in [5.41, 5.74) is 2.36. The fraction of sp³-hybridized carbons (Fsp3) is 0.409. The standard InChI is InChI=1S/C22H28N6O2/c1-16(2)8-12-27-18-19(24-21(27)26-14-10-23-11-15-26)25-22(30)28(20(18)29)13-9-17-6-4-3-5-7-17/h3-8,23H,9-15H2,1-2H3,(H,25,30). The maximum Gasteiger partial charge on any atom is 0.330 e. The Morgan fingerprint density at radius 3 is 2.53 bits per heavy atom. The summed E-state index contributed by atoms with van der Waals surface area (Å²) in [7, 11) is 0. The van der Waals surface area contributed by atoms with Crippen molar-refractivity contribution in [2.75, 3.05) is 31.1 Å². The lowest BCUT2D eigenvalue weighted by Crippen LogP contribution is -2.44. The molecule has 0 amide bonds. The molecule has 2 aromatic heterocycles. The summed E-state index contributed by atoms with van der Waals surface area (Å²) in [4.78, 5) is 35.7. The lowest BCUT2D eigenvalue weighted by atomic mass is 10.1. The molecule has 2 N–H and O–H groups in total. The van der Waals surface area contributed by atoms with E-state index < -0.39 is 5.69 Å². The quantitative estimate of drug-likeness (QED) is 0.604.